The molecule has 140 valence electrons. The molecule has 6 heteroatoms. The van der Waals surface area contributed by atoms with Crippen LogP contribution in [0.2, 0.25) is 0 Å². The summed E-state index contributed by atoms with van der Waals surface area (Å²) in [5.74, 6) is -1.21. The van der Waals surface area contributed by atoms with Gasteiger partial charge in [-0.2, -0.15) is 0 Å². The molecule has 0 spiro atoms. The molecular formula is C19H29NO5. The van der Waals surface area contributed by atoms with Crippen LogP contribution in [0.1, 0.15) is 59.3 Å². The van der Waals surface area contributed by atoms with Crippen LogP contribution in [0.4, 0.5) is 0 Å². The number of fused-ring (bicyclic) bond motifs is 1. The van der Waals surface area contributed by atoms with E-state index < -0.39 is 23.5 Å². The number of esters is 2. The van der Waals surface area contributed by atoms with E-state index in [1.54, 1.807) is 20.8 Å². The van der Waals surface area contributed by atoms with Gasteiger partial charge in [0.05, 0.1) is 18.4 Å². The highest BCUT2D eigenvalue weighted by Crippen LogP contribution is 2.22. The molecule has 1 fully saturated rings. The molecule has 2 aliphatic rings. The normalized spacial score (nSPS) is 26.9. The number of cyclic esters (lactones) is 1. The average Bonchev–Trinajstić information content (AvgIpc) is 2.96. The maximum Gasteiger partial charge on any atom is 0.309 e. The predicted octanol–water partition coefficient (Wildman–Crippen LogP) is 2.61. The minimum atomic E-state index is -0.576. The Hall–Kier alpha value is -1.85. The van der Waals surface area contributed by atoms with E-state index in [0.717, 1.165) is 19.4 Å². The minimum Gasteiger partial charge on any atom is -0.463 e. The van der Waals surface area contributed by atoms with Crippen molar-refractivity contribution in [3.63, 3.8) is 0 Å². The van der Waals surface area contributed by atoms with E-state index >= 15 is 0 Å². The Labute approximate surface area is 149 Å². The summed E-state index contributed by atoms with van der Waals surface area (Å²) in [5.41, 5.74) is -0.576. The number of hydrogen-bond acceptors (Lipinski definition) is 5. The molecule has 0 radical (unpaired) electrons. The number of carbonyl (C=O) groups excluding carboxylic acids is 3. The third-order valence-electron chi connectivity index (χ3n) is 4.39. The molecule has 0 bridgehead atoms. The van der Waals surface area contributed by atoms with Gasteiger partial charge in [0.15, 0.2) is 0 Å². The summed E-state index contributed by atoms with van der Waals surface area (Å²) in [5, 5.41) is 0. The van der Waals surface area contributed by atoms with Crippen molar-refractivity contribution in [2.75, 3.05) is 13.2 Å². The van der Waals surface area contributed by atoms with Gasteiger partial charge in [0.1, 0.15) is 12.2 Å². The van der Waals surface area contributed by atoms with Crippen LogP contribution in [0.15, 0.2) is 12.2 Å². The molecule has 0 saturated carbocycles. The standard InChI is InChI=1S/C19H29NO5/c1-19(2,3)25-17(22)12-14-8-5-4-6-10-16(21)20-11-7-9-15(20)13-24-18(14)23/h4-5,14-15H,6-13H2,1-3H3/b5-4-/t14-,15-/m0/s1. The van der Waals surface area contributed by atoms with Crippen LogP contribution < -0.4 is 0 Å². The lowest BCUT2D eigenvalue weighted by Crippen LogP contribution is -2.39. The van der Waals surface area contributed by atoms with Gasteiger partial charge >= 0.3 is 11.9 Å². The molecule has 0 N–H and O–H groups in total. The van der Waals surface area contributed by atoms with E-state index in [9.17, 15) is 14.4 Å². The maximum atomic E-state index is 12.4. The molecule has 0 aromatic carbocycles. The Morgan fingerprint density at radius 3 is 2.80 bits per heavy atom. The van der Waals surface area contributed by atoms with Crippen LogP contribution in [-0.4, -0.2) is 47.5 Å². The second-order valence-electron chi connectivity index (χ2n) is 7.75. The molecule has 0 aromatic rings. The summed E-state index contributed by atoms with van der Waals surface area (Å²) in [4.78, 5) is 38.6. The lowest BCUT2D eigenvalue weighted by molar-refractivity contribution is -0.162. The third-order valence-corrected chi connectivity index (χ3v) is 4.39. The summed E-state index contributed by atoms with van der Waals surface area (Å²) < 4.78 is 10.8. The Balaban J connectivity index is 2.03. The highest BCUT2D eigenvalue weighted by Gasteiger charge is 2.31. The van der Waals surface area contributed by atoms with Gasteiger partial charge in [-0.3, -0.25) is 14.4 Å². The Bertz CT molecular complexity index is 534. The van der Waals surface area contributed by atoms with Crippen molar-refractivity contribution < 1.29 is 23.9 Å². The van der Waals surface area contributed by atoms with Crippen molar-refractivity contribution >= 4 is 17.8 Å². The van der Waals surface area contributed by atoms with Gasteiger partial charge in [0.25, 0.3) is 0 Å². The second kappa shape index (κ2) is 8.50. The average molecular weight is 351 g/mol. The van der Waals surface area contributed by atoms with Crippen molar-refractivity contribution in [1.82, 2.24) is 4.90 Å². The number of ether oxygens (including phenoxy) is 2. The molecule has 2 atom stereocenters. The van der Waals surface area contributed by atoms with Crippen molar-refractivity contribution in [2.45, 2.75) is 70.9 Å². The largest absolute Gasteiger partial charge is 0.463 e. The smallest absolute Gasteiger partial charge is 0.309 e. The Morgan fingerprint density at radius 2 is 2.08 bits per heavy atom. The van der Waals surface area contributed by atoms with Gasteiger partial charge in [0.2, 0.25) is 5.91 Å². The summed E-state index contributed by atoms with van der Waals surface area (Å²) >= 11 is 0. The Morgan fingerprint density at radius 1 is 1.32 bits per heavy atom. The molecule has 2 aliphatic heterocycles. The van der Waals surface area contributed by atoms with Gasteiger partial charge < -0.3 is 14.4 Å². The maximum absolute atomic E-state index is 12.4. The zero-order valence-corrected chi connectivity index (χ0v) is 15.5. The zero-order chi connectivity index (χ0) is 18.4. The molecule has 25 heavy (non-hydrogen) atoms. The molecule has 1 saturated heterocycles. The van der Waals surface area contributed by atoms with Crippen LogP contribution in [0.3, 0.4) is 0 Å². The Kier molecular flexibility index (Phi) is 6.62. The molecular weight excluding hydrogens is 322 g/mol. The zero-order valence-electron chi connectivity index (χ0n) is 15.5. The van der Waals surface area contributed by atoms with Gasteiger partial charge in [0, 0.05) is 13.0 Å². The molecule has 0 unspecified atom stereocenters. The SMILES string of the molecule is CC(C)(C)OC(=O)C[C@@H]1C/C=C\CCC(=O)N2CCC[C@H]2COC1=O. The van der Waals surface area contributed by atoms with Crippen LogP contribution in [0.5, 0.6) is 0 Å². The molecule has 6 nitrogen and oxygen atoms in total. The number of nitrogens with zero attached hydrogens (tertiary/aromatic N) is 1. The van der Waals surface area contributed by atoms with E-state index in [0.29, 0.717) is 19.3 Å². The molecule has 2 heterocycles. The van der Waals surface area contributed by atoms with Crippen LogP contribution in [0.25, 0.3) is 0 Å². The number of carbonyl (C=O) groups is 3. The predicted molar refractivity (Wildman–Crippen MR) is 92.6 cm³/mol. The van der Waals surface area contributed by atoms with Crippen LogP contribution in [0, 0.1) is 5.92 Å². The first-order valence-corrected chi connectivity index (χ1v) is 9.09. The second-order valence-corrected chi connectivity index (χ2v) is 7.75. The minimum absolute atomic E-state index is 0.00769. The summed E-state index contributed by atoms with van der Waals surface area (Å²) in [6.07, 6.45) is 7.09. The van der Waals surface area contributed by atoms with E-state index in [-0.39, 0.29) is 25.0 Å². The number of allylic oxidation sites excluding steroid dienone is 2. The first-order valence-electron chi connectivity index (χ1n) is 9.09. The van der Waals surface area contributed by atoms with Gasteiger partial charge in [-0.15, -0.1) is 0 Å². The van der Waals surface area contributed by atoms with Crippen molar-refractivity contribution in [1.29, 1.82) is 0 Å². The molecule has 2 rings (SSSR count). The fourth-order valence-electron chi connectivity index (χ4n) is 3.21. The topological polar surface area (TPSA) is 72.9 Å². The summed E-state index contributed by atoms with van der Waals surface area (Å²) in [6, 6.07) is -0.0398. The third kappa shape index (κ3) is 6.18. The lowest BCUT2D eigenvalue weighted by Gasteiger charge is -2.26. The number of amides is 1. The van der Waals surface area contributed by atoms with Gasteiger partial charge in [-0.05, 0) is 46.5 Å². The highest BCUT2D eigenvalue weighted by atomic mass is 16.6. The summed E-state index contributed by atoms with van der Waals surface area (Å²) in [6.45, 7) is 6.34. The van der Waals surface area contributed by atoms with E-state index in [4.69, 9.17) is 9.47 Å². The van der Waals surface area contributed by atoms with E-state index in [2.05, 4.69) is 0 Å². The fourth-order valence-corrected chi connectivity index (χ4v) is 3.21. The monoisotopic (exact) mass is 351 g/mol. The van der Waals surface area contributed by atoms with Crippen molar-refractivity contribution in [2.24, 2.45) is 5.92 Å². The van der Waals surface area contributed by atoms with E-state index in [1.165, 1.54) is 0 Å². The van der Waals surface area contributed by atoms with Crippen LogP contribution in [-0.2, 0) is 23.9 Å². The fraction of sp³-hybridized carbons (Fsp3) is 0.737. The first kappa shape index (κ1) is 19.5. The molecule has 1 amide bonds. The highest BCUT2D eigenvalue weighted by molar-refractivity contribution is 5.80. The first-order chi connectivity index (χ1) is 11.8. The van der Waals surface area contributed by atoms with Gasteiger partial charge in [-0.1, -0.05) is 12.2 Å². The van der Waals surface area contributed by atoms with Crippen molar-refractivity contribution in [3.05, 3.63) is 12.2 Å². The number of rotatable bonds is 2. The number of hydrogen-bond donors (Lipinski definition) is 0. The quantitative estimate of drug-likeness (QED) is 0.565. The summed E-state index contributed by atoms with van der Waals surface area (Å²) in [7, 11) is 0. The van der Waals surface area contributed by atoms with Crippen molar-refractivity contribution in [3.8, 4) is 0 Å². The molecule has 0 aliphatic carbocycles. The van der Waals surface area contributed by atoms with Crippen LogP contribution >= 0.6 is 0 Å². The van der Waals surface area contributed by atoms with Gasteiger partial charge in [-0.25, -0.2) is 0 Å². The lowest BCUT2D eigenvalue weighted by atomic mass is 10.0. The molecule has 0 aromatic heterocycles. The van der Waals surface area contributed by atoms with E-state index in [1.807, 2.05) is 17.1 Å².